The Kier molecular flexibility index (Phi) is 4.15. The van der Waals surface area contributed by atoms with Crippen molar-refractivity contribution in [2.24, 2.45) is 0 Å². The first-order valence-electron chi connectivity index (χ1n) is 5.99. The average Bonchev–Trinajstić information content (AvgIpc) is 2.37. The van der Waals surface area contributed by atoms with Gasteiger partial charge in [0.25, 0.3) is 0 Å². The lowest BCUT2D eigenvalue weighted by atomic mass is 9.95. The normalized spacial score (nSPS) is 12.4. The summed E-state index contributed by atoms with van der Waals surface area (Å²) in [5, 5.41) is 3.35. The van der Waals surface area contributed by atoms with Gasteiger partial charge in [-0.15, -0.1) is 0 Å². The molecule has 18 heavy (non-hydrogen) atoms. The van der Waals surface area contributed by atoms with Gasteiger partial charge >= 0.3 is 0 Å². The van der Waals surface area contributed by atoms with E-state index in [-0.39, 0.29) is 6.04 Å². The van der Waals surface area contributed by atoms with Gasteiger partial charge in [-0.05, 0) is 65.6 Å². The first-order chi connectivity index (χ1) is 8.65. The molecule has 94 valence electrons. The smallest absolute Gasteiger partial charge is 0.0763 e. The largest absolute Gasteiger partial charge is 0.308 e. The molecule has 1 heterocycles. The van der Waals surface area contributed by atoms with Crippen molar-refractivity contribution in [3.8, 4) is 0 Å². The number of hydrogen-bond donors (Lipinski definition) is 1. The van der Waals surface area contributed by atoms with Crippen LogP contribution in [0.15, 0.2) is 41.0 Å². The highest BCUT2D eigenvalue weighted by Gasteiger charge is 2.18. The second-order valence-corrected chi connectivity index (χ2v) is 5.24. The molecule has 0 aliphatic rings. The van der Waals surface area contributed by atoms with Crippen LogP contribution in [-0.4, -0.2) is 12.0 Å². The predicted octanol–water partition coefficient (Wildman–Crippen LogP) is 3.77. The maximum absolute atomic E-state index is 4.49. The minimum Gasteiger partial charge on any atom is -0.308 e. The molecule has 2 aromatic rings. The fourth-order valence-corrected chi connectivity index (χ4v) is 2.62. The molecule has 0 saturated carbocycles. The highest BCUT2D eigenvalue weighted by Crippen LogP contribution is 2.29. The van der Waals surface area contributed by atoms with Crippen LogP contribution < -0.4 is 5.32 Å². The van der Waals surface area contributed by atoms with Gasteiger partial charge in [0.1, 0.15) is 0 Å². The number of rotatable bonds is 3. The van der Waals surface area contributed by atoms with E-state index in [4.69, 9.17) is 0 Å². The molecule has 2 nitrogen and oxygen atoms in total. The third-order valence-electron chi connectivity index (χ3n) is 3.31. The van der Waals surface area contributed by atoms with Crippen LogP contribution in [0.2, 0.25) is 0 Å². The molecule has 1 atom stereocenters. The maximum Gasteiger partial charge on any atom is 0.0763 e. The summed E-state index contributed by atoms with van der Waals surface area (Å²) in [6, 6.07) is 10.5. The van der Waals surface area contributed by atoms with Crippen LogP contribution in [0.25, 0.3) is 0 Å². The van der Waals surface area contributed by atoms with Gasteiger partial charge in [0.2, 0.25) is 0 Å². The van der Waals surface area contributed by atoms with Gasteiger partial charge < -0.3 is 5.32 Å². The van der Waals surface area contributed by atoms with Crippen molar-refractivity contribution in [2.45, 2.75) is 19.9 Å². The van der Waals surface area contributed by atoms with E-state index in [9.17, 15) is 0 Å². The SMILES string of the molecule is CNC(c1cccc(C)c1C)c1ncccc1Br. The summed E-state index contributed by atoms with van der Waals surface area (Å²) in [7, 11) is 1.97. The van der Waals surface area contributed by atoms with Crippen LogP contribution in [0.1, 0.15) is 28.4 Å². The number of nitrogens with zero attached hydrogens (tertiary/aromatic N) is 1. The van der Waals surface area contributed by atoms with E-state index in [1.54, 1.807) is 0 Å². The van der Waals surface area contributed by atoms with Crippen LogP contribution in [0.3, 0.4) is 0 Å². The first-order valence-corrected chi connectivity index (χ1v) is 6.78. The minimum absolute atomic E-state index is 0.112. The third-order valence-corrected chi connectivity index (χ3v) is 3.98. The number of halogens is 1. The molecule has 2 rings (SSSR count). The summed E-state index contributed by atoms with van der Waals surface area (Å²) in [5.41, 5.74) is 4.92. The van der Waals surface area contributed by atoms with Crippen LogP contribution in [0.5, 0.6) is 0 Å². The Hall–Kier alpha value is -1.19. The molecule has 0 radical (unpaired) electrons. The topological polar surface area (TPSA) is 24.9 Å². The van der Waals surface area contributed by atoms with E-state index in [2.05, 4.69) is 58.3 Å². The zero-order chi connectivity index (χ0) is 13.1. The maximum atomic E-state index is 4.49. The molecule has 0 aliphatic heterocycles. The van der Waals surface area contributed by atoms with Gasteiger partial charge in [0.05, 0.1) is 11.7 Å². The van der Waals surface area contributed by atoms with Gasteiger partial charge in [-0.25, -0.2) is 0 Å². The first kappa shape index (κ1) is 13.2. The van der Waals surface area contributed by atoms with Gasteiger partial charge in [-0.3, -0.25) is 4.98 Å². The third kappa shape index (κ3) is 2.47. The van der Waals surface area contributed by atoms with E-state index in [1.165, 1.54) is 16.7 Å². The number of aromatic nitrogens is 1. The van der Waals surface area contributed by atoms with E-state index < -0.39 is 0 Å². The van der Waals surface area contributed by atoms with Gasteiger partial charge in [-0.2, -0.15) is 0 Å². The van der Waals surface area contributed by atoms with Gasteiger partial charge in [0.15, 0.2) is 0 Å². The molecule has 1 aromatic carbocycles. The highest BCUT2D eigenvalue weighted by atomic mass is 79.9. The molecule has 0 amide bonds. The zero-order valence-corrected chi connectivity index (χ0v) is 12.5. The van der Waals surface area contributed by atoms with Crippen molar-refractivity contribution in [1.82, 2.24) is 10.3 Å². The van der Waals surface area contributed by atoms with Gasteiger partial charge in [-0.1, -0.05) is 18.2 Å². The zero-order valence-electron chi connectivity index (χ0n) is 10.9. The number of hydrogen-bond acceptors (Lipinski definition) is 2. The van der Waals surface area contributed by atoms with E-state index >= 15 is 0 Å². The Morgan fingerprint density at radius 2 is 1.94 bits per heavy atom. The lowest BCUT2D eigenvalue weighted by molar-refractivity contribution is 0.663. The van der Waals surface area contributed by atoms with Crippen molar-refractivity contribution in [1.29, 1.82) is 0 Å². The summed E-state index contributed by atoms with van der Waals surface area (Å²) in [6.07, 6.45) is 1.83. The van der Waals surface area contributed by atoms with Crippen LogP contribution >= 0.6 is 15.9 Å². The Labute approximate surface area is 117 Å². The molecular formula is C15H17BrN2. The lowest BCUT2D eigenvalue weighted by Gasteiger charge is -2.20. The molecule has 1 unspecified atom stereocenters. The van der Waals surface area contributed by atoms with Crippen LogP contribution in [0.4, 0.5) is 0 Å². The number of aryl methyl sites for hydroxylation is 1. The van der Waals surface area contributed by atoms with E-state index in [1.807, 2.05) is 25.4 Å². The molecule has 0 spiro atoms. The Bertz CT molecular complexity index is 552. The lowest BCUT2D eigenvalue weighted by Crippen LogP contribution is -2.20. The van der Waals surface area contributed by atoms with Crippen molar-refractivity contribution >= 4 is 15.9 Å². The highest BCUT2D eigenvalue weighted by molar-refractivity contribution is 9.10. The van der Waals surface area contributed by atoms with Crippen LogP contribution in [-0.2, 0) is 0 Å². The molecule has 0 aliphatic carbocycles. The molecule has 1 N–H and O–H groups in total. The van der Waals surface area contributed by atoms with Crippen molar-refractivity contribution in [3.05, 3.63) is 63.4 Å². The average molecular weight is 305 g/mol. The van der Waals surface area contributed by atoms with E-state index in [0.29, 0.717) is 0 Å². The Morgan fingerprint density at radius 3 is 2.61 bits per heavy atom. The molecule has 0 bridgehead atoms. The number of nitrogens with one attached hydrogen (secondary N) is 1. The Balaban J connectivity index is 2.53. The standard InChI is InChI=1S/C15H17BrN2/c1-10-6-4-7-12(11(10)2)14(17-3)15-13(16)8-5-9-18-15/h4-9,14,17H,1-3H3. The van der Waals surface area contributed by atoms with Crippen LogP contribution in [0, 0.1) is 13.8 Å². The van der Waals surface area contributed by atoms with Gasteiger partial charge in [0, 0.05) is 10.7 Å². The summed E-state index contributed by atoms with van der Waals surface area (Å²) in [5.74, 6) is 0. The van der Waals surface area contributed by atoms with Crippen molar-refractivity contribution < 1.29 is 0 Å². The summed E-state index contributed by atoms with van der Waals surface area (Å²) in [4.78, 5) is 4.49. The molecule has 0 fully saturated rings. The summed E-state index contributed by atoms with van der Waals surface area (Å²) < 4.78 is 1.03. The van der Waals surface area contributed by atoms with Crippen molar-refractivity contribution in [2.75, 3.05) is 7.05 Å². The summed E-state index contributed by atoms with van der Waals surface area (Å²) >= 11 is 3.58. The summed E-state index contributed by atoms with van der Waals surface area (Å²) in [6.45, 7) is 4.30. The fourth-order valence-electron chi connectivity index (χ4n) is 2.14. The predicted molar refractivity (Wildman–Crippen MR) is 78.8 cm³/mol. The number of pyridine rings is 1. The molecule has 1 aromatic heterocycles. The monoisotopic (exact) mass is 304 g/mol. The van der Waals surface area contributed by atoms with E-state index in [0.717, 1.165) is 10.2 Å². The van der Waals surface area contributed by atoms with Crippen molar-refractivity contribution in [3.63, 3.8) is 0 Å². The minimum atomic E-state index is 0.112. The second-order valence-electron chi connectivity index (χ2n) is 4.38. The quantitative estimate of drug-likeness (QED) is 0.933. The molecule has 0 saturated heterocycles. The Morgan fingerprint density at radius 1 is 1.17 bits per heavy atom. The molecule has 3 heteroatoms. The molecular weight excluding hydrogens is 288 g/mol. The number of benzene rings is 1. The second kappa shape index (κ2) is 5.63. The fraction of sp³-hybridized carbons (Fsp3) is 0.267.